The van der Waals surface area contributed by atoms with Crippen molar-refractivity contribution in [3.05, 3.63) is 0 Å². The van der Waals surface area contributed by atoms with E-state index < -0.39 is 5.97 Å². The Morgan fingerprint density at radius 2 is 2.23 bits per heavy atom. The molecule has 0 spiro atoms. The predicted molar refractivity (Wildman–Crippen MR) is 46.3 cm³/mol. The molecule has 1 aliphatic rings. The van der Waals surface area contributed by atoms with E-state index in [0.29, 0.717) is 0 Å². The Labute approximate surface area is 76.5 Å². The molecular weight excluding hydrogens is 172 g/mol. The van der Waals surface area contributed by atoms with Crippen LogP contribution in [0.15, 0.2) is 0 Å². The van der Waals surface area contributed by atoms with Gasteiger partial charge in [-0.25, -0.2) is 0 Å². The average Bonchev–Trinajstić information content (AvgIpc) is 2.15. The minimum atomic E-state index is -1.01. The van der Waals surface area contributed by atoms with Crippen molar-refractivity contribution in [2.24, 2.45) is 0 Å². The Morgan fingerprint density at radius 1 is 1.46 bits per heavy atom. The zero-order valence-electron chi connectivity index (χ0n) is 7.38. The third-order valence-corrected chi connectivity index (χ3v) is 2.04. The van der Waals surface area contributed by atoms with Gasteiger partial charge in [0.05, 0.1) is 6.04 Å². The lowest BCUT2D eigenvalue weighted by Crippen LogP contribution is -2.47. The first-order chi connectivity index (χ1) is 6.20. The maximum absolute atomic E-state index is 11.3. The van der Waals surface area contributed by atoms with Crippen LogP contribution < -0.4 is 10.6 Å². The van der Waals surface area contributed by atoms with Crippen molar-refractivity contribution in [3.63, 3.8) is 0 Å². The van der Waals surface area contributed by atoms with Crippen LogP contribution in [-0.2, 0) is 9.59 Å². The molecule has 0 aromatic rings. The molecule has 0 aromatic carbocycles. The molecule has 0 radical (unpaired) electrons. The standard InChI is InChI=1S/C8H14N2O3/c11-7(12)5-10-8(13)6-3-1-2-4-9-6/h6,9H,1-5H2,(H,10,13)(H,11,12). The molecule has 1 unspecified atom stereocenters. The third-order valence-electron chi connectivity index (χ3n) is 2.04. The van der Waals surface area contributed by atoms with Gasteiger partial charge in [-0.15, -0.1) is 0 Å². The Kier molecular flexibility index (Phi) is 3.70. The van der Waals surface area contributed by atoms with E-state index >= 15 is 0 Å². The summed E-state index contributed by atoms with van der Waals surface area (Å²) in [6.07, 6.45) is 2.91. The molecule has 1 heterocycles. The summed E-state index contributed by atoms with van der Waals surface area (Å²) in [5.74, 6) is -1.22. The van der Waals surface area contributed by atoms with Gasteiger partial charge in [0.15, 0.2) is 0 Å². The lowest BCUT2D eigenvalue weighted by atomic mass is 10.0. The number of nitrogens with one attached hydrogen (secondary N) is 2. The Balaban J connectivity index is 2.25. The highest BCUT2D eigenvalue weighted by molar-refractivity contribution is 5.85. The van der Waals surface area contributed by atoms with Gasteiger partial charge >= 0.3 is 5.97 Å². The number of carboxylic acids is 1. The van der Waals surface area contributed by atoms with Crippen LogP contribution in [-0.4, -0.2) is 36.1 Å². The van der Waals surface area contributed by atoms with Gasteiger partial charge in [0.25, 0.3) is 0 Å². The monoisotopic (exact) mass is 186 g/mol. The van der Waals surface area contributed by atoms with Gasteiger partial charge in [-0.2, -0.15) is 0 Å². The lowest BCUT2D eigenvalue weighted by molar-refractivity contribution is -0.138. The van der Waals surface area contributed by atoms with Gasteiger partial charge in [-0.3, -0.25) is 9.59 Å². The number of piperidine rings is 1. The molecule has 1 saturated heterocycles. The van der Waals surface area contributed by atoms with Crippen molar-refractivity contribution in [3.8, 4) is 0 Å². The van der Waals surface area contributed by atoms with E-state index in [1.165, 1.54) is 0 Å². The van der Waals surface area contributed by atoms with Crippen molar-refractivity contribution < 1.29 is 14.7 Å². The maximum Gasteiger partial charge on any atom is 0.322 e. The largest absolute Gasteiger partial charge is 0.480 e. The fourth-order valence-electron chi connectivity index (χ4n) is 1.36. The van der Waals surface area contributed by atoms with E-state index in [0.717, 1.165) is 25.8 Å². The van der Waals surface area contributed by atoms with E-state index in [2.05, 4.69) is 10.6 Å². The second-order valence-electron chi connectivity index (χ2n) is 3.11. The van der Waals surface area contributed by atoms with Crippen LogP contribution in [0.3, 0.4) is 0 Å². The summed E-state index contributed by atoms with van der Waals surface area (Å²) in [7, 11) is 0. The van der Waals surface area contributed by atoms with E-state index in [1.54, 1.807) is 0 Å². The number of carbonyl (C=O) groups excluding carboxylic acids is 1. The summed E-state index contributed by atoms with van der Waals surface area (Å²) in [6.45, 7) is 0.544. The summed E-state index contributed by atoms with van der Waals surface area (Å²) in [5, 5.41) is 13.7. The highest BCUT2D eigenvalue weighted by atomic mass is 16.4. The summed E-state index contributed by atoms with van der Waals surface area (Å²) >= 11 is 0. The molecular formula is C8H14N2O3. The number of hydrogen-bond acceptors (Lipinski definition) is 3. The van der Waals surface area contributed by atoms with Crippen LogP contribution >= 0.6 is 0 Å². The Bertz CT molecular complexity index is 200. The molecule has 5 nitrogen and oxygen atoms in total. The zero-order valence-corrected chi connectivity index (χ0v) is 7.38. The smallest absolute Gasteiger partial charge is 0.322 e. The van der Waals surface area contributed by atoms with Crippen LogP contribution in [0.1, 0.15) is 19.3 Å². The molecule has 0 aromatic heterocycles. The van der Waals surface area contributed by atoms with Crippen LogP contribution in [0.2, 0.25) is 0 Å². The van der Waals surface area contributed by atoms with Crippen LogP contribution in [0.25, 0.3) is 0 Å². The molecule has 1 aliphatic heterocycles. The van der Waals surface area contributed by atoms with Crippen molar-refractivity contribution in [1.29, 1.82) is 0 Å². The summed E-state index contributed by atoms with van der Waals surface area (Å²) in [6, 6.07) is -0.201. The molecule has 0 saturated carbocycles. The number of carboxylic acid groups (broad SMARTS) is 1. The van der Waals surface area contributed by atoms with Gasteiger partial charge in [-0.1, -0.05) is 6.42 Å². The highest BCUT2D eigenvalue weighted by Crippen LogP contribution is 2.06. The van der Waals surface area contributed by atoms with Crippen LogP contribution in [0.5, 0.6) is 0 Å². The Morgan fingerprint density at radius 3 is 2.77 bits per heavy atom. The lowest BCUT2D eigenvalue weighted by Gasteiger charge is -2.21. The molecule has 13 heavy (non-hydrogen) atoms. The summed E-state index contributed by atoms with van der Waals surface area (Å²) in [5.41, 5.74) is 0. The number of aliphatic carboxylic acids is 1. The topological polar surface area (TPSA) is 78.4 Å². The van der Waals surface area contributed by atoms with E-state index in [1.807, 2.05) is 0 Å². The Hall–Kier alpha value is -1.10. The molecule has 1 fully saturated rings. The average molecular weight is 186 g/mol. The van der Waals surface area contributed by atoms with E-state index in [4.69, 9.17) is 5.11 Å². The van der Waals surface area contributed by atoms with E-state index in [-0.39, 0.29) is 18.5 Å². The first kappa shape index (κ1) is 9.98. The van der Waals surface area contributed by atoms with Gasteiger partial charge in [0, 0.05) is 0 Å². The second kappa shape index (κ2) is 4.81. The number of amides is 1. The van der Waals surface area contributed by atoms with Crippen LogP contribution in [0, 0.1) is 0 Å². The summed E-state index contributed by atoms with van der Waals surface area (Å²) < 4.78 is 0. The molecule has 1 rings (SSSR count). The molecule has 3 N–H and O–H groups in total. The fourth-order valence-corrected chi connectivity index (χ4v) is 1.36. The second-order valence-corrected chi connectivity index (χ2v) is 3.11. The molecule has 1 atom stereocenters. The van der Waals surface area contributed by atoms with Crippen molar-refractivity contribution >= 4 is 11.9 Å². The first-order valence-electron chi connectivity index (χ1n) is 4.43. The molecule has 74 valence electrons. The zero-order chi connectivity index (χ0) is 9.68. The van der Waals surface area contributed by atoms with Gasteiger partial charge in [0.2, 0.25) is 5.91 Å². The van der Waals surface area contributed by atoms with Crippen LogP contribution in [0.4, 0.5) is 0 Å². The van der Waals surface area contributed by atoms with E-state index in [9.17, 15) is 9.59 Å². The SMILES string of the molecule is O=C(O)CNC(=O)C1CCCCN1. The van der Waals surface area contributed by atoms with Gasteiger partial charge < -0.3 is 15.7 Å². The van der Waals surface area contributed by atoms with Gasteiger partial charge in [-0.05, 0) is 19.4 Å². The maximum atomic E-state index is 11.3. The highest BCUT2D eigenvalue weighted by Gasteiger charge is 2.20. The minimum absolute atomic E-state index is 0.201. The fraction of sp³-hybridized carbons (Fsp3) is 0.750. The minimum Gasteiger partial charge on any atom is -0.480 e. The first-order valence-corrected chi connectivity index (χ1v) is 4.43. The summed E-state index contributed by atoms with van der Waals surface area (Å²) in [4.78, 5) is 21.4. The molecule has 1 amide bonds. The number of hydrogen-bond donors (Lipinski definition) is 3. The predicted octanol–water partition coefficient (Wildman–Crippen LogP) is -0.671. The molecule has 0 bridgehead atoms. The molecule has 0 aliphatic carbocycles. The normalized spacial score (nSPS) is 22.3. The molecule has 5 heteroatoms. The number of rotatable bonds is 3. The number of carbonyl (C=O) groups is 2. The van der Waals surface area contributed by atoms with Crippen molar-refractivity contribution in [2.75, 3.05) is 13.1 Å². The van der Waals surface area contributed by atoms with Crippen molar-refractivity contribution in [1.82, 2.24) is 10.6 Å². The quantitative estimate of drug-likeness (QED) is 0.546. The van der Waals surface area contributed by atoms with Crippen molar-refractivity contribution in [2.45, 2.75) is 25.3 Å². The van der Waals surface area contributed by atoms with Gasteiger partial charge in [0.1, 0.15) is 6.54 Å². The third kappa shape index (κ3) is 3.42.